The van der Waals surface area contributed by atoms with Gasteiger partial charge in [0.25, 0.3) is 0 Å². The Morgan fingerprint density at radius 2 is 2.04 bits per heavy atom. The number of anilines is 1. The summed E-state index contributed by atoms with van der Waals surface area (Å²) in [5, 5.41) is 4.41. The first-order valence-electron chi connectivity index (χ1n) is 6.94. The summed E-state index contributed by atoms with van der Waals surface area (Å²) in [7, 11) is 1.58. The molecule has 0 spiro atoms. The number of rotatable bonds is 5. The molecule has 3 rings (SSSR count). The maximum absolute atomic E-state index is 6.09. The van der Waals surface area contributed by atoms with Gasteiger partial charge in [0.1, 0.15) is 5.75 Å². The molecule has 6 heteroatoms. The molecule has 0 bridgehead atoms. The van der Waals surface area contributed by atoms with Crippen LogP contribution in [0.2, 0.25) is 10.0 Å². The van der Waals surface area contributed by atoms with Gasteiger partial charge in [-0.2, -0.15) is 0 Å². The molecule has 0 radical (unpaired) electrons. The quantitative estimate of drug-likeness (QED) is 0.682. The molecule has 1 aromatic heterocycles. The third kappa shape index (κ3) is 3.78. The second-order valence-electron chi connectivity index (χ2n) is 4.83. The summed E-state index contributed by atoms with van der Waals surface area (Å²) in [4.78, 5) is 4.26. The lowest BCUT2D eigenvalue weighted by Gasteiger charge is -2.07. The maximum Gasteiger partial charge on any atom is 0.214 e. The molecule has 4 nitrogen and oxygen atoms in total. The minimum Gasteiger partial charge on any atom is -0.495 e. The summed E-state index contributed by atoms with van der Waals surface area (Å²) in [5.74, 6) is 1.89. The van der Waals surface area contributed by atoms with Crippen molar-refractivity contribution in [2.75, 3.05) is 12.4 Å². The largest absolute Gasteiger partial charge is 0.495 e. The van der Waals surface area contributed by atoms with Crippen LogP contribution in [0, 0.1) is 0 Å². The zero-order chi connectivity index (χ0) is 16.2. The number of nitrogens with zero attached hydrogens (tertiary/aromatic N) is 1. The minimum absolute atomic E-state index is 0.448. The Morgan fingerprint density at radius 3 is 2.78 bits per heavy atom. The molecule has 118 valence electrons. The van der Waals surface area contributed by atoms with Crippen molar-refractivity contribution in [2.45, 2.75) is 6.54 Å². The van der Waals surface area contributed by atoms with Gasteiger partial charge in [-0.05, 0) is 30.3 Å². The molecule has 0 amide bonds. The predicted octanol–water partition coefficient (Wildman–Crippen LogP) is 5.27. The maximum atomic E-state index is 6.09. The van der Waals surface area contributed by atoms with E-state index in [9.17, 15) is 0 Å². The van der Waals surface area contributed by atoms with Crippen molar-refractivity contribution in [3.8, 4) is 17.1 Å². The van der Waals surface area contributed by atoms with Gasteiger partial charge in [0.2, 0.25) is 5.89 Å². The fourth-order valence-corrected chi connectivity index (χ4v) is 2.57. The summed E-state index contributed by atoms with van der Waals surface area (Å²) in [6, 6.07) is 12.9. The second-order valence-corrected chi connectivity index (χ2v) is 5.68. The Balaban J connectivity index is 1.69. The first-order valence-corrected chi connectivity index (χ1v) is 7.69. The molecule has 23 heavy (non-hydrogen) atoms. The van der Waals surface area contributed by atoms with E-state index in [2.05, 4.69) is 10.3 Å². The van der Waals surface area contributed by atoms with E-state index >= 15 is 0 Å². The monoisotopic (exact) mass is 348 g/mol. The van der Waals surface area contributed by atoms with Crippen molar-refractivity contribution in [1.82, 2.24) is 4.98 Å². The van der Waals surface area contributed by atoms with E-state index in [0.29, 0.717) is 34.0 Å². The van der Waals surface area contributed by atoms with Gasteiger partial charge in [0.05, 0.1) is 24.9 Å². The highest BCUT2D eigenvalue weighted by Crippen LogP contribution is 2.28. The van der Waals surface area contributed by atoms with Crippen molar-refractivity contribution < 1.29 is 9.15 Å². The zero-order valence-corrected chi connectivity index (χ0v) is 13.9. The Kier molecular flexibility index (Phi) is 4.74. The number of aromatic nitrogens is 1. The number of hydrogen-bond acceptors (Lipinski definition) is 4. The SMILES string of the molecule is COc1ccc(NCc2ncc(-c3cccc(Cl)c3)o2)cc1Cl. The highest BCUT2D eigenvalue weighted by atomic mass is 35.5. The molecule has 2 aromatic carbocycles. The summed E-state index contributed by atoms with van der Waals surface area (Å²) < 4.78 is 10.9. The van der Waals surface area contributed by atoms with Crippen LogP contribution in [-0.2, 0) is 6.54 Å². The molecular formula is C17H14Cl2N2O2. The van der Waals surface area contributed by atoms with E-state index in [0.717, 1.165) is 11.3 Å². The molecule has 0 aliphatic heterocycles. The van der Waals surface area contributed by atoms with Crippen LogP contribution in [0.4, 0.5) is 5.69 Å². The summed E-state index contributed by atoms with van der Waals surface area (Å²) in [5.41, 5.74) is 1.75. The van der Waals surface area contributed by atoms with Crippen LogP contribution in [0.3, 0.4) is 0 Å². The summed E-state index contributed by atoms with van der Waals surface area (Å²) in [6.45, 7) is 0.448. The van der Waals surface area contributed by atoms with Crippen LogP contribution in [0.15, 0.2) is 53.1 Å². The standard InChI is InChI=1S/C17H14Cl2N2O2/c1-22-15-6-5-13(8-14(15)19)20-10-17-21-9-16(23-17)11-3-2-4-12(18)7-11/h2-9,20H,10H2,1H3. The van der Waals surface area contributed by atoms with Crippen LogP contribution >= 0.6 is 23.2 Å². The van der Waals surface area contributed by atoms with Crippen LogP contribution in [0.1, 0.15) is 5.89 Å². The Labute approximate surface area is 144 Å². The molecule has 0 unspecified atom stereocenters. The van der Waals surface area contributed by atoms with Crippen LogP contribution < -0.4 is 10.1 Å². The molecule has 3 aromatic rings. The topological polar surface area (TPSA) is 47.3 Å². The van der Waals surface area contributed by atoms with Gasteiger partial charge >= 0.3 is 0 Å². The Morgan fingerprint density at radius 1 is 1.17 bits per heavy atom. The molecular weight excluding hydrogens is 335 g/mol. The lowest BCUT2D eigenvalue weighted by Crippen LogP contribution is -1.99. The lowest BCUT2D eigenvalue weighted by molar-refractivity contribution is 0.415. The zero-order valence-electron chi connectivity index (χ0n) is 12.3. The molecule has 1 N–H and O–H groups in total. The van der Waals surface area contributed by atoms with Gasteiger partial charge in [-0.25, -0.2) is 4.98 Å². The number of oxazole rings is 1. The normalized spacial score (nSPS) is 10.6. The fourth-order valence-electron chi connectivity index (χ4n) is 2.12. The first-order chi connectivity index (χ1) is 11.2. The third-order valence-electron chi connectivity index (χ3n) is 3.26. The summed E-state index contributed by atoms with van der Waals surface area (Å²) in [6.07, 6.45) is 1.68. The first kappa shape index (κ1) is 15.7. The van der Waals surface area contributed by atoms with Crippen molar-refractivity contribution in [1.29, 1.82) is 0 Å². The lowest BCUT2D eigenvalue weighted by atomic mass is 10.2. The average molecular weight is 349 g/mol. The van der Waals surface area contributed by atoms with Crippen LogP contribution in [0.5, 0.6) is 5.75 Å². The third-order valence-corrected chi connectivity index (χ3v) is 3.79. The number of hydrogen-bond donors (Lipinski definition) is 1. The van der Waals surface area contributed by atoms with Crippen molar-refractivity contribution >= 4 is 28.9 Å². The molecule has 1 heterocycles. The van der Waals surface area contributed by atoms with E-state index in [-0.39, 0.29) is 0 Å². The number of methoxy groups -OCH3 is 1. The fraction of sp³-hybridized carbons (Fsp3) is 0.118. The van der Waals surface area contributed by atoms with Gasteiger partial charge in [-0.15, -0.1) is 0 Å². The number of ether oxygens (including phenoxy) is 1. The summed E-state index contributed by atoms with van der Waals surface area (Å²) >= 11 is 12.1. The molecule has 0 saturated carbocycles. The van der Waals surface area contributed by atoms with Gasteiger partial charge in [-0.3, -0.25) is 0 Å². The molecule has 0 aliphatic rings. The Hall–Kier alpha value is -2.17. The highest BCUT2D eigenvalue weighted by Gasteiger charge is 2.07. The van der Waals surface area contributed by atoms with Gasteiger partial charge in [-0.1, -0.05) is 35.3 Å². The van der Waals surface area contributed by atoms with Crippen molar-refractivity contribution in [3.63, 3.8) is 0 Å². The van der Waals surface area contributed by atoms with E-state index in [1.165, 1.54) is 0 Å². The molecule has 0 atom stereocenters. The van der Waals surface area contributed by atoms with Crippen LogP contribution in [-0.4, -0.2) is 12.1 Å². The predicted molar refractivity (Wildman–Crippen MR) is 92.3 cm³/mol. The molecule has 0 saturated heterocycles. The van der Waals surface area contributed by atoms with Gasteiger partial charge < -0.3 is 14.5 Å². The van der Waals surface area contributed by atoms with E-state index in [1.807, 2.05) is 30.3 Å². The smallest absolute Gasteiger partial charge is 0.214 e. The van der Waals surface area contributed by atoms with Crippen LogP contribution in [0.25, 0.3) is 11.3 Å². The second kappa shape index (κ2) is 6.94. The van der Waals surface area contributed by atoms with Gasteiger partial charge in [0.15, 0.2) is 5.76 Å². The minimum atomic E-state index is 0.448. The molecule has 0 fully saturated rings. The Bertz CT molecular complexity index is 818. The highest BCUT2D eigenvalue weighted by molar-refractivity contribution is 6.32. The number of nitrogens with one attached hydrogen (secondary N) is 1. The van der Waals surface area contributed by atoms with E-state index in [1.54, 1.807) is 25.4 Å². The van der Waals surface area contributed by atoms with Gasteiger partial charge in [0, 0.05) is 16.3 Å². The average Bonchev–Trinajstić information content (AvgIpc) is 3.02. The van der Waals surface area contributed by atoms with Crippen molar-refractivity contribution in [2.24, 2.45) is 0 Å². The van der Waals surface area contributed by atoms with E-state index in [4.69, 9.17) is 32.4 Å². The number of halogens is 2. The van der Waals surface area contributed by atoms with E-state index < -0.39 is 0 Å². The number of benzene rings is 2. The van der Waals surface area contributed by atoms with Crippen molar-refractivity contribution in [3.05, 3.63) is 64.6 Å². The molecule has 0 aliphatic carbocycles.